The maximum atomic E-state index is 4.47. The molecule has 2 nitrogen and oxygen atoms in total. The molecule has 0 aliphatic heterocycles. The molecule has 0 fully saturated rings. The van der Waals surface area contributed by atoms with Crippen LogP contribution in [-0.2, 0) is 0 Å². The summed E-state index contributed by atoms with van der Waals surface area (Å²) in [6, 6.07) is 23.3. The minimum Gasteiger partial charge on any atom is -0.253 e. The molecule has 0 saturated heterocycles. The summed E-state index contributed by atoms with van der Waals surface area (Å²) in [5.74, 6) is 0. The van der Waals surface area contributed by atoms with Crippen molar-refractivity contribution in [3.8, 4) is 11.1 Å². The third kappa shape index (κ3) is 2.24. The van der Waals surface area contributed by atoms with Crippen molar-refractivity contribution in [3.05, 3.63) is 83.6 Å². The number of benzene rings is 4. The molecule has 5 aromatic rings. The lowest BCUT2D eigenvalue weighted by atomic mass is 9.92. The monoisotopic (exact) mass is 384 g/mol. The van der Waals surface area contributed by atoms with Gasteiger partial charge in [-0.3, -0.25) is 9.97 Å². The molecule has 0 N–H and O–H groups in total. The van der Waals surface area contributed by atoms with Crippen molar-refractivity contribution in [2.45, 2.75) is 0 Å². The SMILES string of the molecule is Brc1c2ccccc2c(-c2ccc3nccnc3c2)c2ccccc12. The van der Waals surface area contributed by atoms with E-state index in [1.807, 2.05) is 6.07 Å². The van der Waals surface area contributed by atoms with E-state index in [0.29, 0.717) is 0 Å². The van der Waals surface area contributed by atoms with Crippen LogP contribution in [0.15, 0.2) is 83.6 Å². The molecular weight excluding hydrogens is 372 g/mol. The largest absolute Gasteiger partial charge is 0.253 e. The first-order chi connectivity index (χ1) is 12.3. The number of fused-ring (bicyclic) bond motifs is 3. The van der Waals surface area contributed by atoms with Crippen molar-refractivity contribution in [1.29, 1.82) is 0 Å². The minimum absolute atomic E-state index is 0.913. The Hall–Kier alpha value is -2.78. The van der Waals surface area contributed by atoms with E-state index in [1.54, 1.807) is 12.4 Å². The molecule has 0 aliphatic carbocycles. The summed E-state index contributed by atoms with van der Waals surface area (Å²) in [4.78, 5) is 8.86. The van der Waals surface area contributed by atoms with Crippen LogP contribution in [0.2, 0.25) is 0 Å². The number of nitrogens with zero attached hydrogens (tertiary/aromatic N) is 2. The van der Waals surface area contributed by atoms with Crippen LogP contribution in [0, 0.1) is 0 Å². The lowest BCUT2D eigenvalue weighted by Crippen LogP contribution is -1.89. The molecule has 0 atom stereocenters. The Morgan fingerprint density at radius 2 is 1.16 bits per heavy atom. The van der Waals surface area contributed by atoms with Gasteiger partial charge in [-0.2, -0.15) is 0 Å². The van der Waals surface area contributed by atoms with Crippen LogP contribution in [0.3, 0.4) is 0 Å². The summed E-state index contributed by atoms with van der Waals surface area (Å²) in [6.45, 7) is 0. The smallest absolute Gasteiger partial charge is 0.0892 e. The Morgan fingerprint density at radius 3 is 1.80 bits per heavy atom. The van der Waals surface area contributed by atoms with Crippen LogP contribution in [0.4, 0.5) is 0 Å². The molecule has 25 heavy (non-hydrogen) atoms. The zero-order valence-corrected chi connectivity index (χ0v) is 14.9. The van der Waals surface area contributed by atoms with Crippen molar-refractivity contribution >= 4 is 48.5 Å². The third-order valence-corrected chi connectivity index (χ3v) is 5.48. The van der Waals surface area contributed by atoms with E-state index in [2.05, 4.69) is 86.6 Å². The molecule has 1 heterocycles. The van der Waals surface area contributed by atoms with Gasteiger partial charge in [-0.05, 0) is 60.7 Å². The molecule has 3 heteroatoms. The molecule has 0 spiro atoms. The number of hydrogen-bond acceptors (Lipinski definition) is 2. The second-order valence-corrected chi connectivity index (χ2v) is 6.83. The molecule has 0 unspecified atom stereocenters. The highest BCUT2D eigenvalue weighted by molar-refractivity contribution is 9.10. The highest BCUT2D eigenvalue weighted by Crippen LogP contribution is 2.41. The third-order valence-electron chi connectivity index (χ3n) is 4.62. The van der Waals surface area contributed by atoms with Crippen LogP contribution in [0.5, 0.6) is 0 Å². The normalized spacial score (nSPS) is 11.4. The number of halogens is 1. The molecule has 5 rings (SSSR count). The van der Waals surface area contributed by atoms with Gasteiger partial charge in [0.05, 0.1) is 11.0 Å². The van der Waals surface area contributed by atoms with E-state index in [1.165, 1.54) is 27.1 Å². The first kappa shape index (κ1) is 14.6. The van der Waals surface area contributed by atoms with E-state index in [0.717, 1.165) is 21.1 Å². The molecule has 0 bridgehead atoms. The summed E-state index contributed by atoms with van der Waals surface area (Å²) in [5.41, 5.74) is 4.22. The zero-order chi connectivity index (χ0) is 16.8. The first-order valence-electron chi connectivity index (χ1n) is 8.13. The predicted octanol–water partition coefficient (Wildman–Crippen LogP) is 6.37. The Bertz CT molecular complexity index is 1200. The molecule has 0 radical (unpaired) electrons. The summed E-state index contributed by atoms with van der Waals surface area (Å²) >= 11 is 3.81. The van der Waals surface area contributed by atoms with Gasteiger partial charge in [0.25, 0.3) is 0 Å². The molecule has 0 amide bonds. The van der Waals surface area contributed by atoms with Gasteiger partial charge < -0.3 is 0 Å². The van der Waals surface area contributed by atoms with Crippen LogP contribution in [-0.4, -0.2) is 9.97 Å². The van der Waals surface area contributed by atoms with Crippen molar-refractivity contribution in [1.82, 2.24) is 9.97 Å². The van der Waals surface area contributed by atoms with Gasteiger partial charge in [0.1, 0.15) is 0 Å². The van der Waals surface area contributed by atoms with Crippen molar-refractivity contribution < 1.29 is 0 Å². The van der Waals surface area contributed by atoms with Crippen LogP contribution in [0.25, 0.3) is 43.7 Å². The highest BCUT2D eigenvalue weighted by atomic mass is 79.9. The van der Waals surface area contributed by atoms with Gasteiger partial charge in [0.15, 0.2) is 0 Å². The molecule has 118 valence electrons. The zero-order valence-electron chi connectivity index (χ0n) is 13.3. The number of rotatable bonds is 1. The molecule has 0 saturated carbocycles. The predicted molar refractivity (Wildman–Crippen MR) is 108 cm³/mol. The second kappa shape index (κ2) is 5.64. The quantitative estimate of drug-likeness (QED) is 0.314. The Balaban J connectivity index is 1.97. The Labute approximate surface area is 153 Å². The van der Waals surface area contributed by atoms with Gasteiger partial charge in [-0.1, -0.05) is 54.6 Å². The Kier molecular flexibility index (Phi) is 3.28. The topological polar surface area (TPSA) is 25.8 Å². The van der Waals surface area contributed by atoms with Crippen molar-refractivity contribution in [2.75, 3.05) is 0 Å². The fourth-order valence-corrected chi connectivity index (χ4v) is 4.20. The van der Waals surface area contributed by atoms with E-state index in [9.17, 15) is 0 Å². The van der Waals surface area contributed by atoms with Gasteiger partial charge in [-0.15, -0.1) is 0 Å². The van der Waals surface area contributed by atoms with E-state index >= 15 is 0 Å². The summed E-state index contributed by atoms with van der Waals surface area (Å²) < 4.78 is 1.14. The van der Waals surface area contributed by atoms with E-state index in [4.69, 9.17) is 0 Å². The van der Waals surface area contributed by atoms with E-state index in [-0.39, 0.29) is 0 Å². The molecule has 4 aromatic carbocycles. The van der Waals surface area contributed by atoms with Crippen LogP contribution >= 0.6 is 15.9 Å². The number of hydrogen-bond donors (Lipinski definition) is 0. The minimum atomic E-state index is 0.913. The number of aromatic nitrogens is 2. The van der Waals surface area contributed by atoms with Crippen LogP contribution in [0.1, 0.15) is 0 Å². The average molecular weight is 385 g/mol. The van der Waals surface area contributed by atoms with Gasteiger partial charge >= 0.3 is 0 Å². The average Bonchev–Trinajstić information content (AvgIpc) is 2.68. The summed E-state index contributed by atoms with van der Waals surface area (Å²) in [6.07, 6.45) is 3.47. The van der Waals surface area contributed by atoms with E-state index < -0.39 is 0 Å². The lowest BCUT2D eigenvalue weighted by Gasteiger charge is -2.14. The van der Waals surface area contributed by atoms with Crippen molar-refractivity contribution in [2.24, 2.45) is 0 Å². The van der Waals surface area contributed by atoms with Crippen LogP contribution < -0.4 is 0 Å². The lowest BCUT2D eigenvalue weighted by molar-refractivity contribution is 1.29. The van der Waals surface area contributed by atoms with Gasteiger partial charge in [-0.25, -0.2) is 0 Å². The maximum Gasteiger partial charge on any atom is 0.0892 e. The first-order valence-corrected chi connectivity index (χ1v) is 8.92. The Morgan fingerprint density at radius 1 is 0.600 bits per heavy atom. The molecule has 1 aromatic heterocycles. The summed E-state index contributed by atoms with van der Waals surface area (Å²) in [7, 11) is 0. The summed E-state index contributed by atoms with van der Waals surface area (Å²) in [5, 5.41) is 4.90. The van der Waals surface area contributed by atoms with Gasteiger partial charge in [0, 0.05) is 16.9 Å². The highest BCUT2D eigenvalue weighted by Gasteiger charge is 2.14. The second-order valence-electron chi connectivity index (χ2n) is 6.04. The fourth-order valence-electron chi connectivity index (χ4n) is 3.50. The molecular formula is C22H13BrN2. The maximum absolute atomic E-state index is 4.47. The fraction of sp³-hybridized carbons (Fsp3) is 0. The molecule has 0 aliphatic rings. The van der Waals surface area contributed by atoms with Crippen molar-refractivity contribution in [3.63, 3.8) is 0 Å². The van der Waals surface area contributed by atoms with Gasteiger partial charge in [0.2, 0.25) is 0 Å². The standard InChI is InChI=1S/C22H13BrN2/c23-22-17-7-3-1-5-15(17)21(16-6-2-4-8-18(16)22)14-9-10-19-20(13-14)25-12-11-24-19/h1-13H.